The number of aryl methyl sites for hydroxylation is 3. The number of aromatic nitrogens is 3. The number of nitrogens with zero attached hydrogens (tertiary/aromatic N) is 4. The minimum absolute atomic E-state index is 0.204. The minimum atomic E-state index is -1.03. The summed E-state index contributed by atoms with van der Waals surface area (Å²) in [6, 6.07) is 1.97. The normalized spacial score (nSPS) is 16.6. The van der Waals surface area contributed by atoms with Crippen molar-refractivity contribution in [2.24, 2.45) is 7.05 Å². The van der Waals surface area contributed by atoms with Crippen LogP contribution in [-0.4, -0.2) is 37.8 Å². The standard InChI is InChI=1S/C23H21F2N5O4/c1-11-5-15(24)13(16(25)6-11)7-26-22(33)14-9-29-12-3-4-17-18(10-28(2)27-17)30(8-12)23(34)19(29)21(32)20(14)31/h5-6,9-10,12,32H,3-4,7-8H2,1-2H3,(H,26,33). The molecule has 0 radical (unpaired) electrons. The number of pyridine rings is 1. The predicted octanol–water partition coefficient (Wildman–Crippen LogP) is 1.95. The number of halogens is 2. The van der Waals surface area contributed by atoms with E-state index in [4.69, 9.17) is 0 Å². The molecular weight excluding hydrogens is 448 g/mol. The second kappa shape index (κ2) is 7.79. The Morgan fingerprint density at radius 3 is 2.65 bits per heavy atom. The number of hydrogen-bond donors (Lipinski definition) is 2. The van der Waals surface area contributed by atoms with Gasteiger partial charge in [0, 0.05) is 38.1 Å². The zero-order valence-corrected chi connectivity index (χ0v) is 18.4. The van der Waals surface area contributed by atoms with E-state index >= 15 is 0 Å². The van der Waals surface area contributed by atoms with Gasteiger partial charge in [0.15, 0.2) is 11.4 Å². The van der Waals surface area contributed by atoms with Gasteiger partial charge in [0.25, 0.3) is 11.8 Å². The average Bonchev–Trinajstić information content (AvgIpc) is 3.06. The van der Waals surface area contributed by atoms with Crippen LogP contribution in [0.2, 0.25) is 0 Å². The molecule has 0 fully saturated rings. The summed E-state index contributed by atoms with van der Waals surface area (Å²) >= 11 is 0. The van der Waals surface area contributed by atoms with Crippen molar-refractivity contribution in [3.63, 3.8) is 0 Å². The van der Waals surface area contributed by atoms with E-state index in [0.29, 0.717) is 24.1 Å². The van der Waals surface area contributed by atoms with E-state index in [1.54, 1.807) is 17.9 Å². The van der Waals surface area contributed by atoms with Gasteiger partial charge in [0.05, 0.1) is 17.4 Å². The van der Waals surface area contributed by atoms with Crippen molar-refractivity contribution in [2.75, 3.05) is 11.4 Å². The number of anilines is 1. The van der Waals surface area contributed by atoms with Crippen LogP contribution in [0.1, 0.15) is 50.1 Å². The number of rotatable bonds is 3. The molecule has 2 aliphatic rings. The van der Waals surface area contributed by atoms with E-state index in [1.807, 2.05) is 0 Å². The molecule has 0 spiro atoms. The lowest BCUT2D eigenvalue weighted by molar-refractivity contribution is 0.0929. The molecule has 0 saturated heterocycles. The molecule has 11 heteroatoms. The van der Waals surface area contributed by atoms with E-state index in [0.717, 1.165) is 17.8 Å². The molecule has 5 rings (SSSR count). The van der Waals surface area contributed by atoms with Gasteiger partial charge in [-0.05, 0) is 37.5 Å². The van der Waals surface area contributed by atoms with Crippen LogP contribution in [0.25, 0.3) is 0 Å². The summed E-state index contributed by atoms with van der Waals surface area (Å²) in [5.74, 6) is -3.96. The average molecular weight is 469 g/mol. The maximum absolute atomic E-state index is 14.1. The van der Waals surface area contributed by atoms with Crippen LogP contribution in [-0.2, 0) is 20.0 Å². The van der Waals surface area contributed by atoms with E-state index in [9.17, 15) is 28.3 Å². The van der Waals surface area contributed by atoms with E-state index < -0.39 is 46.7 Å². The Kier molecular flexibility index (Phi) is 4.99. The molecular formula is C23H21F2N5O4. The van der Waals surface area contributed by atoms with Crippen molar-refractivity contribution in [1.82, 2.24) is 19.7 Å². The van der Waals surface area contributed by atoms with Crippen molar-refractivity contribution in [2.45, 2.75) is 32.4 Å². The Bertz CT molecular complexity index is 1400. The fourth-order valence-corrected chi connectivity index (χ4v) is 4.62. The summed E-state index contributed by atoms with van der Waals surface area (Å²) < 4.78 is 31.3. The molecule has 2 bridgehead atoms. The molecule has 2 aromatic heterocycles. The topological polar surface area (TPSA) is 109 Å². The molecule has 9 nitrogen and oxygen atoms in total. The highest BCUT2D eigenvalue weighted by Crippen LogP contribution is 2.36. The number of hydrogen-bond acceptors (Lipinski definition) is 5. The lowest BCUT2D eigenvalue weighted by atomic mass is 10.1. The number of nitrogens with one attached hydrogen (secondary N) is 1. The Hall–Kier alpha value is -4.02. The lowest BCUT2D eigenvalue weighted by Crippen LogP contribution is -2.44. The zero-order chi connectivity index (χ0) is 24.3. The first kappa shape index (κ1) is 21.8. The third kappa shape index (κ3) is 3.35. The summed E-state index contributed by atoms with van der Waals surface area (Å²) in [7, 11) is 1.75. The Morgan fingerprint density at radius 1 is 1.24 bits per heavy atom. The van der Waals surface area contributed by atoms with Crippen LogP contribution in [0.4, 0.5) is 14.5 Å². The second-order valence-corrected chi connectivity index (χ2v) is 8.61. The number of fused-ring (bicyclic) bond motifs is 6. The number of carbonyl (C=O) groups is 2. The Morgan fingerprint density at radius 2 is 1.94 bits per heavy atom. The maximum Gasteiger partial charge on any atom is 0.279 e. The van der Waals surface area contributed by atoms with Crippen LogP contribution in [0, 0.1) is 18.6 Å². The van der Waals surface area contributed by atoms with Gasteiger partial charge in [0.1, 0.15) is 17.2 Å². The van der Waals surface area contributed by atoms with E-state index in [1.165, 1.54) is 22.6 Å². The zero-order valence-electron chi connectivity index (χ0n) is 18.4. The van der Waals surface area contributed by atoms with Gasteiger partial charge in [-0.2, -0.15) is 5.10 Å². The first-order valence-electron chi connectivity index (χ1n) is 10.7. The molecule has 34 heavy (non-hydrogen) atoms. The van der Waals surface area contributed by atoms with Crippen LogP contribution in [0.15, 0.2) is 29.3 Å². The number of benzene rings is 1. The van der Waals surface area contributed by atoms with Gasteiger partial charge in [-0.15, -0.1) is 0 Å². The molecule has 0 aliphatic carbocycles. The smallest absolute Gasteiger partial charge is 0.279 e. The van der Waals surface area contributed by atoms with Crippen molar-refractivity contribution < 1.29 is 23.5 Å². The molecule has 176 valence electrons. The lowest BCUT2D eigenvalue weighted by Gasteiger charge is -2.34. The summed E-state index contributed by atoms with van der Waals surface area (Å²) in [4.78, 5) is 40.3. The minimum Gasteiger partial charge on any atom is -0.503 e. The fraction of sp³-hybridized carbons (Fsp3) is 0.304. The summed E-state index contributed by atoms with van der Waals surface area (Å²) in [6.45, 7) is 1.33. The van der Waals surface area contributed by atoms with Gasteiger partial charge >= 0.3 is 0 Å². The number of aromatic hydroxyl groups is 1. The molecule has 1 atom stereocenters. The third-order valence-corrected chi connectivity index (χ3v) is 6.29. The van der Waals surface area contributed by atoms with Gasteiger partial charge in [-0.3, -0.25) is 19.1 Å². The van der Waals surface area contributed by atoms with Crippen molar-refractivity contribution in [1.29, 1.82) is 0 Å². The third-order valence-electron chi connectivity index (χ3n) is 6.29. The van der Waals surface area contributed by atoms with E-state index in [-0.39, 0.29) is 23.8 Å². The molecule has 1 aromatic carbocycles. The summed E-state index contributed by atoms with van der Waals surface area (Å²) in [5, 5.41) is 17.4. The largest absolute Gasteiger partial charge is 0.503 e. The highest BCUT2D eigenvalue weighted by molar-refractivity contribution is 6.08. The highest BCUT2D eigenvalue weighted by Gasteiger charge is 2.39. The first-order valence-corrected chi connectivity index (χ1v) is 10.7. The first-order chi connectivity index (χ1) is 16.2. The van der Waals surface area contributed by atoms with Crippen molar-refractivity contribution in [3.8, 4) is 5.75 Å². The molecule has 3 aromatic rings. The molecule has 4 heterocycles. The summed E-state index contributed by atoms with van der Waals surface area (Å²) in [5.41, 5.74) is -0.260. The summed E-state index contributed by atoms with van der Waals surface area (Å²) in [6.07, 6.45) is 4.07. The van der Waals surface area contributed by atoms with Crippen LogP contribution in [0.3, 0.4) is 0 Å². The van der Waals surface area contributed by atoms with Crippen LogP contribution >= 0.6 is 0 Å². The number of amides is 2. The quantitative estimate of drug-likeness (QED) is 0.610. The second-order valence-electron chi connectivity index (χ2n) is 8.61. The predicted molar refractivity (Wildman–Crippen MR) is 117 cm³/mol. The maximum atomic E-state index is 14.1. The molecule has 1 unspecified atom stereocenters. The Labute approximate surface area is 192 Å². The van der Waals surface area contributed by atoms with Crippen molar-refractivity contribution >= 4 is 17.5 Å². The van der Waals surface area contributed by atoms with Gasteiger partial charge in [-0.1, -0.05) is 0 Å². The fourth-order valence-electron chi connectivity index (χ4n) is 4.62. The van der Waals surface area contributed by atoms with Gasteiger partial charge < -0.3 is 19.9 Å². The molecule has 2 N–H and O–H groups in total. The monoisotopic (exact) mass is 469 g/mol. The molecule has 2 amide bonds. The van der Waals surface area contributed by atoms with Gasteiger partial charge in [0.2, 0.25) is 5.43 Å². The Balaban J connectivity index is 1.49. The number of carbonyl (C=O) groups excluding carboxylic acids is 2. The highest BCUT2D eigenvalue weighted by atomic mass is 19.1. The van der Waals surface area contributed by atoms with Gasteiger partial charge in [-0.25, -0.2) is 8.78 Å². The SMILES string of the molecule is Cc1cc(F)c(CNC(=O)c2cn3c(c(O)c2=O)C(=O)N2CC3CCc3nn(C)cc32)c(F)c1. The van der Waals surface area contributed by atoms with Crippen LogP contribution in [0.5, 0.6) is 5.75 Å². The molecule has 0 saturated carbocycles. The molecule has 2 aliphatic heterocycles. The van der Waals surface area contributed by atoms with Crippen molar-refractivity contribution in [3.05, 3.63) is 74.5 Å². The van der Waals surface area contributed by atoms with Crippen LogP contribution < -0.4 is 15.6 Å². The van der Waals surface area contributed by atoms with E-state index in [2.05, 4.69) is 10.4 Å².